The van der Waals surface area contributed by atoms with Crippen LogP contribution in [0.25, 0.3) is 0 Å². The molecule has 2 rings (SSSR count). The second-order valence-corrected chi connectivity index (χ2v) is 3.82. The molecule has 1 aliphatic heterocycles. The van der Waals surface area contributed by atoms with Crippen LogP contribution in [0.2, 0.25) is 0 Å². The van der Waals surface area contributed by atoms with Crippen molar-refractivity contribution >= 4 is 0 Å². The Kier molecular flexibility index (Phi) is 3.67. The number of nitrogens with zero attached hydrogens (tertiary/aromatic N) is 3. The molecule has 0 aliphatic carbocycles. The molecule has 1 N–H and O–H groups in total. The molecule has 0 aromatic carbocycles. The van der Waals surface area contributed by atoms with Gasteiger partial charge in [-0.25, -0.2) is 0 Å². The summed E-state index contributed by atoms with van der Waals surface area (Å²) in [6.45, 7) is 1.59. The zero-order valence-electron chi connectivity index (χ0n) is 9.02. The highest BCUT2D eigenvalue weighted by molar-refractivity contribution is 5.35. The van der Waals surface area contributed by atoms with Gasteiger partial charge in [0.1, 0.15) is 18.2 Å². The number of ether oxygens (including phenoxy) is 1. The lowest BCUT2D eigenvalue weighted by Gasteiger charge is -2.23. The van der Waals surface area contributed by atoms with Crippen LogP contribution < -0.4 is 10.1 Å². The first-order valence-electron chi connectivity index (χ1n) is 5.48. The predicted molar refractivity (Wildman–Crippen MR) is 57.9 cm³/mol. The number of nitrogens with one attached hydrogen (secondary N) is 1. The second kappa shape index (κ2) is 5.42. The van der Waals surface area contributed by atoms with E-state index in [0.717, 1.165) is 13.0 Å². The van der Waals surface area contributed by atoms with Crippen molar-refractivity contribution in [1.82, 2.24) is 15.5 Å². The van der Waals surface area contributed by atoms with E-state index in [1.165, 1.54) is 19.0 Å². The zero-order chi connectivity index (χ0) is 11.2. The van der Waals surface area contributed by atoms with Gasteiger partial charge < -0.3 is 10.1 Å². The molecule has 1 aliphatic rings. The van der Waals surface area contributed by atoms with Crippen LogP contribution in [0.3, 0.4) is 0 Å². The smallest absolute Gasteiger partial charge is 0.251 e. The van der Waals surface area contributed by atoms with Crippen molar-refractivity contribution in [1.29, 1.82) is 5.26 Å². The maximum atomic E-state index is 8.84. The molecule has 16 heavy (non-hydrogen) atoms. The van der Waals surface area contributed by atoms with Crippen LogP contribution in [0, 0.1) is 11.3 Å². The molecule has 1 aromatic rings. The summed E-state index contributed by atoms with van der Waals surface area (Å²) in [5.41, 5.74) is 0.436. The lowest BCUT2D eigenvalue weighted by atomic mass is 10.1. The standard InChI is InChI=1S/C11H14N4O/c12-7-9-4-6-14-15-11(9)16-8-10-3-1-2-5-13-10/h4,6,10,13H,1-3,5,8H2. The van der Waals surface area contributed by atoms with E-state index in [2.05, 4.69) is 15.5 Å². The summed E-state index contributed by atoms with van der Waals surface area (Å²) in [4.78, 5) is 0. The summed E-state index contributed by atoms with van der Waals surface area (Å²) in [5.74, 6) is 0.331. The third-order valence-corrected chi connectivity index (χ3v) is 2.64. The Bertz CT molecular complexity index is 382. The first kappa shape index (κ1) is 10.8. The van der Waals surface area contributed by atoms with Crippen molar-refractivity contribution in [2.45, 2.75) is 25.3 Å². The van der Waals surface area contributed by atoms with E-state index in [1.54, 1.807) is 6.07 Å². The molecule has 2 heterocycles. The molecule has 0 amide bonds. The second-order valence-electron chi connectivity index (χ2n) is 3.82. The number of aromatic nitrogens is 2. The highest BCUT2D eigenvalue weighted by Gasteiger charge is 2.14. The van der Waals surface area contributed by atoms with Gasteiger partial charge in [-0.3, -0.25) is 0 Å². The minimum absolute atomic E-state index is 0.331. The molecule has 0 spiro atoms. The van der Waals surface area contributed by atoms with Crippen LogP contribution in [0.5, 0.6) is 5.88 Å². The third kappa shape index (κ3) is 2.67. The molecule has 0 radical (unpaired) electrons. The molecule has 1 aromatic heterocycles. The topological polar surface area (TPSA) is 70.8 Å². The lowest BCUT2D eigenvalue weighted by molar-refractivity contribution is 0.229. The van der Waals surface area contributed by atoms with Crippen molar-refractivity contribution in [2.75, 3.05) is 13.2 Å². The average Bonchev–Trinajstić information content (AvgIpc) is 2.38. The quantitative estimate of drug-likeness (QED) is 0.815. The largest absolute Gasteiger partial charge is 0.474 e. The Morgan fingerprint density at radius 3 is 3.25 bits per heavy atom. The van der Waals surface area contributed by atoms with Crippen LogP contribution in [0.4, 0.5) is 0 Å². The van der Waals surface area contributed by atoms with E-state index in [-0.39, 0.29) is 0 Å². The molecule has 5 heteroatoms. The first-order chi connectivity index (χ1) is 7.90. The minimum atomic E-state index is 0.331. The van der Waals surface area contributed by atoms with Crippen molar-refractivity contribution < 1.29 is 4.74 Å². The van der Waals surface area contributed by atoms with Gasteiger partial charge >= 0.3 is 0 Å². The van der Waals surface area contributed by atoms with Crippen LogP contribution in [-0.4, -0.2) is 29.4 Å². The van der Waals surface area contributed by atoms with Crippen LogP contribution in [-0.2, 0) is 0 Å². The fraction of sp³-hybridized carbons (Fsp3) is 0.545. The monoisotopic (exact) mass is 218 g/mol. The Balaban J connectivity index is 1.91. The van der Waals surface area contributed by atoms with Gasteiger partial charge in [0.2, 0.25) is 0 Å². The van der Waals surface area contributed by atoms with E-state index in [1.807, 2.05) is 6.07 Å². The van der Waals surface area contributed by atoms with Crippen LogP contribution >= 0.6 is 0 Å². The molecule has 0 bridgehead atoms. The molecule has 1 fully saturated rings. The number of hydrogen-bond acceptors (Lipinski definition) is 5. The predicted octanol–water partition coefficient (Wildman–Crippen LogP) is 0.869. The number of rotatable bonds is 3. The lowest BCUT2D eigenvalue weighted by Crippen LogP contribution is -2.38. The normalized spacial score (nSPS) is 20.1. The fourth-order valence-corrected chi connectivity index (χ4v) is 1.76. The van der Waals surface area contributed by atoms with Gasteiger partial charge in [-0.2, -0.15) is 10.4 Å². The molecule has 84 valence electrons. The Morgan fingerprint density at radius 1 is 1.56 bits per heavy atom. The van der Waals surface area contributed by atoms with Gasteiger partial charge in [0.25, 0.3) is 5.88 Å². The maximum absolute atomic E-state index is 8.84. The SMILES string of the molecule is N#Cc1ccnnc1OCC1CCCCN1. The first-order valence-corrected chi connectivity index (χ1v) is 5.48. The van der Waals surface area contributed by atoms with Gasteiger partial charge in [0, 0.05) is 6.04 Å². The summed E-state index contributed by atoms with van der Waals surface area (Å²) >= 11 is 0. The zero-order valence-corrected chi connectivity index (χ0v) is 9.02. The van der Waals surface area contributed by atoms with Crippen molar-refractivity contribution in [3.63, 3.8) is 0 Å². The van der Waals surface area contributed by atoms with E-state index < -0.39 is 0 Å². The summed E-state index contributed by atoms with van der Waals surface area (Å²) < 4.78 is 5.51. The van der Waals surface area contributed by atoms with Crippen LogP contribution in [0.15, 0.2) is 12.3 Å². The Morgan fingerprint density at radius 2 is 2.50 bits per heavy atom. The highest BCUT2D eigenvalue weighted by atomic mass is 16.5. The van der Waals surface area contributed by atoms with Crippen LogP contribution in [0.1, 0.15) is 24.8 Å². The molecule has 1 unspecified atom stereocenters. The molecule has 1 atom stereocenters. The van der Waals surface area contributed by atoms with E-state index in [4.69, 9.17) is 10.00 Å². The number of hydrogen-bond donors (Lipinski definition) is 1. The van der Waals surface area contributed by atoms with Crippen molar-refractivity contribution in [3.05, 3.63) is 17.8 Å². The maximum Gasteiger partial charge on any atom is 0.251 e. The molecule has 5 nitrogen and oxygen atoms in total. The van der Waals surface area contributed by atoms with E-state index in [0.29, 0.717) is 24.1 Å². The molecular weight excluding hydrogens is 204 g/mol. The molecule has 0 saturated carbocycles. The Hall–Kier alpha value is -1.67. The third-order valence-electron chi connectivity index (χ3n) is 2.64. The van der Waals surface area contributed by atoms with E-state index >= 15 is 0 Å². The van der Waals surface area contributed by atoms with Crippen molar-refractivity contribution in [3.8, 4) is 11.9 Å². The van der Waals surface area contributed by atoms with Gasteiger partial charge in [0.05, 0.1) is 6.20 Å². The van der Waals surface area contributed by atoms with E-state index in [9.17, 15) is 0 Å². The number of piperidine rings is 1. The number of nitriles is 1. The summed E-state index contributed by atoms with van der Waals surface area (Å²) in [6.07, 6.45) is 5.06. The fourth-order valence-electron chi connectivity index (χ4n) is 1.76. The van der Waals surface area contributed by atoms with Gasteiger partial charge in [0.15, 0.2) is 0 Å². The van der Waals surface area contributed by atoms with Crippen molar-refractivity contribution in [2.24, 2.45) is 0 Å². The summed E-state index contributed by atoms with van der Waals surface area (Å²) in [5, 5.41) is 19.7. The van der Waals surface area contributed by atoms with Gasteiger partial charge in [-0.1, -0.05) is 6.42 Å². The molecular formula is C11H14N4O. The highest BCUT2D eigenvalue weighted by Crippen LogP contribution is 2.13. The minimum Gasteiger partial charge on any atom is -0.474 e. The summed E-state index contributed by atoms with van der Waals surface area (Å²) in [7, 11) is 0. The van der Waals surface area contributed by atoms with Gasteiger partial charge in [-0.05, 0) is 25.5 Å². The average molecular weight is 218 g/mol. The molecule has 1 saturated heterocycles. The summed E-state index contributed by atoms with van der Waals surface area (Å²) in [6, 6.07) is 4.01. The van der Waals surface area contributed by atoms with Gasteiger partial charge in [-0.15, -0.1) is 5.10 Å². The Labute approximate surface area is 94.4 Å².